The summed E-state index contributed by atoms with van der Waals surface area (Å²) in [5.41, 5.74) is 4.08. The van der Waals surface area contributed by atoms with Crippen LogP contribution in [0.1, 0.15) is 22.6 Å². The molecule has 2 aromatic rings. The van der Waals surface area contributed by atoms with Gasteiger partial charge in [0, 0.05) is 19.0 Å². The molecule has 20 heavy (non-hydrogen) atoms. The van der Waals surface area contributed by atoms with Gasteiger partial charge in [0.05, 0.1) is 0 Å². The van der Waals surface area contributed by atoms with Crippen molar-refractivity contribution in [1.29, 1.82) is 0 Å². The molecule has 0 aliphatic carbocycles. The number of hydrogen-bond donors (Lipinski definition) is 0. The molecule has 0 radical (unpaired) electrons. The molecule has 2 heterocycles. The molecule has 4 rings (SSSR count). The monoisotopic (exact) mass is 267 g/mol. The van der Waals surface area contributed by atoms with E-state index in [4.69, 9.17) is 9.47 Å². The van der Waals surface area contributed by atoms with E-state index in [1.165, 1.54) is 16.7 Å². The third-order valence-electron chi connectivity index (χ3n) is 4.15. The van der Waals surface area contributed by atoms with Gasteiger partial charge in [0.2, 0.25) is 6.79 Å². The molecule has 1 unspecified atom stereocenters. The van der Waals surface area contributed by atoms with E-state index in [9.17, 15) is 0 Å². The first kappa shape index (κ1) is 11.8. The van der Waals surface area contributed by atoms with Gasteiger partial charge in [-0.25, -0.2) is 0 Å². The number of nitrogens with zero attached hydrogens (tertiary/aromatic N) is 1. The van der Waals surface area contributed by atoms with Crippen LogP contribution in [0.5, 0.6) is 11.5 Å². The number of hydrogen-bond acceptors (Lipinski definition) is 3. The van der Waals surface area contributed by atoms with Gasteiger partial charge in [-0.2, -0.15) is 0 Å². The summed E-state index contributed by atoms with van der Waals surface area (Å²) in [6.07, 6.45) is 0. The fourth-order valence-corrected chi connectivity index (χ4v) is 3.20. The van der Waals surface area contributed by atoms with E-state index < -0.39 is 0 Å². The molecule has 0 saturated heterocycles. The van der Waals surface area contributed by atoms with Crippen LogP contribution in [0.3, 0.4) is 0 Å². The number of ether oxygens (including phenoxy) is 2. The van der Waals surface area contributed by atoms with Crippen LogP contribution in [0.15, 0.2) is 42.5 Å². The van der Waals surface area contributed by atoms with Gasteiger partial charge in [0.15, 0.2) is 11.5 Å². The average molecular weight is 267 g/mol. The average Bonchev–Trinajstić information content (AvgIpc) is 2.92. The Labute approximate surface area is 118 Å². The predicted octanol–water partition coefficient (Wildman–Crippen LogP) is 2.99. The fourth-order valence-electron chi connectivity index (χ4n) is 3.20. The second-order valence-corrected chi connectivity index (χ2v) is 5.56. The third kappa shape index (κ3) is 1.86. The van der Waals surface area contributed by atoms with Crippen molar-refractivity contribution in [1.82, 2.24) is 4.90 Å². The van der Waals surface area contributed by atoms with Crippen molar-refractivity contribution in [3.8, 4) is 11.5 Å². The third-order valence-corrected chi connectivity index (χ3v) is 4.15. The van der Waals surface area contributed by atoms with Crippen LogP contribution in [0.2, 0.25) is 0 Å². The fraction of sp³-hybridized carbons (Fsp3) is 0.294. The molecule has 1 atom stereocenters. The molecule has 2 aliphatic heterocycles. The van der Waals surface area contributed by atoms with Gasteiger partial charge in [-0.1, -0.05) is 30.3 Å². The molecule has 102 valence electrons. The molecule has 2 aliphatic rings. The Hall–Kier alpha value is -2.00. The zero-order valence-corrected chi connectivity index (χ0v) is 11.5. The molecule has 0 spiro atoms. The normalized spacial score (nSPS) is 20.8. The van der Waals surface area contributed by atoms with Crippen LogP contribution in [0, 0.1) is 0 Å². The number of rotatable bonds is 1. The summed E-state index contributed by atoms with van der Waals surface area (Å²) < 4.78 is 11.0. The van der Waals surface area contributed by atoms with Crippen molar-refractivity contribution < 1.29 is 9.47 Å². The van der Waals surface area contributed by atoms with Gasteiger partial charge in [-0.15, -0.1) is 0 Å². The van der Waals surface area contributed by atoms with E-state index in [1.807, 2.05) is 0 Å². The molecular formula is C17H17NO2. The zero-order valence-electron chi connectivity index (χ0n) is 11.5. The molecule has 0 saturated carbocycles. The lowest BCUT2D eigenvalue weighted by Crippen LogP contribution is -2.30. The maximum absolute atomic E-state index is 5.54. The molecule has 0 fully saturated rings. The van der Waals surface area contributed by atoms with Crippen LogP contribution < -0.4 is 9.47 Å². The smallest absolute Gasteiger partial charge is 0.231 e. The summed E-state index contributed by atoms with van der Waals surface area (Å²) in [4.78, 5) is 2.36. The second kappa shape index (κ2) is 4.53. The number of likely N-dealkylation sites (N-methyl/N-ethyl adjacent to an activating group) is 1. The highest BCUT2D eigenvalue weighted by molar-refractivity contribution is 5.52. The Kier molecular flexibility index (Phi) is 2.67. The van der Waals surface area contributed by atoms with Gasteiger partial charge in [-0.3, -0.25) is 0 Å². The summed E-state index contributed by atoms with van der Waals surface area (Å²) >= 11 is 0. The van der Waals surface area contributed by atoms with E-state index in [2.05, 4.69) is 54.4 Å². The molecular weight excluding hydrogens is 250 g/mol. The molecule has 0 amide bonds. The second-order valence-electron chi connectivity index (χ2n) is 5.56. The Morgan fingerprint density at radius 2 is 1.80 bits per heavy atom. The summed E-state index contributed by atoms with van der Waals surface area (Å²) in [5, 5.41) is 0. The SMILES string of the molecule is CN1Cc2cc3c(cc2C(c2ccccc2)C1)OCO3. The Morgan fingerprint density at radius 3 is 2.60 bits per heavy atom. The maximum atomic E-state index is 5.54. The largest absolute Gasteiger partial charge is 0.454 e. The number of fused-ring (bicyclic) bond motifs is 2. The minimum Gasteiger partial charge on any atom is -0.454 e. The van der Waals surface area contributed by atoms with Crippen molar-refractivity contribution >= 4 is 0 Å². The lowest BCUT2D eigenvalue weighted by Gasteiger charge is -2.32. The summed E-state index contributed by atoms with van der Waals surface area (Å²) in [5.74, 6) is 2.17. The number of benzene rings is 2. The maximum Gasteiger partial charge on any atom is 0.231 e. The van der Waals surface area contributed by atoms with Crippen molar-refractivity contribution in [3.05, 3.63) is 59.2 Å². The molecule has 0 bridgehead atoms. The Bertz CT molecular complexity index is 639. The quantitative estimate of drug-likeness (QED) is 0.793. The Morgan fingerprint density at radius 1 is 1.05 bits per heavy atom. The molecule has 0 aromatic heterocycles. The summed E-state index contributed by atoms with van der Waals surface area (Å²) in [6, 6.07) is 15.0. The lowest BCUT2D eigenvalue weighted by molar-refractivity contribution is 0.174. The van der Waals surface area contributed by atoms with Gasteiger partial charge in [0.1, 0.15) is 0 Å². The van der Waals surface area contributed by atoms with Crippen molar-refractivity contribution in [2.75, 3.05) is 20.4 Å². The van der Waals surface area contributed by atoms with Crippen LogP contribution in [-0.2, 0) is 6.54 Å². The van der Waals surface area contributed by atoms with E-state index in [-0.39, 0.29) is 0 Å². The predicted molar refractivity (Wildman–Crippen MR) is 77.2 cm³/mol. The first-order valence-corrected chi connectivity index (χ1v) is 6.97. The standard InChI is InChI=1S/C17H17NO2/c1-18-9-13-7-16-17(20-11-19-16)8-14(13)15(10-18)12-5-3-2-4-6-12/h2-8,15H,9-11H2,1H3. The minimum absolute atomic E-state index is 0.337. The van der Waals surface area contributed by atoms with Gasteiger partial charge in [-0.05, 0) is 35.9 Å². The van der Waals surface area contributed by atoms with E-state index in [0.717, 1.165) is 24.6 Å². The highest BCUT2D eigenvalue weighted by Gasteiger charge is 2.28. The van der Waals surface area contributed by atoms with Gasteiger partial charge < -0.3 is 14.4 Å². The van der Waals surface area contributed by atoms with Crippen molar-refractivity contribution in [2.24, 2.45) is 0 Å². The first-order chi connectivity index (χ1) is 9.81. The first-order valence-electron chi connectivity index (χ1n) is 6.97. The summed E-state index contributed by atoms with van der Waals surface area (Å²) in [6.45, 7) is 2.34. The van der Waals surface area contributed by atoms with Gasteiger partial charge in [0.25, 0.3) is 0 Å². The van der Waals surface area contributed by atoms with Crippen LogP contribution in [-0.4, -0.2) is 25.3 Å². The van der Waals surface area contributed by atoms with Crippen molar-refractivity contribution in [3.63, 3.8) is 0 Å². The van der Waals surface area contributed by atoms with Crippen molar-refractivity contribution in [2.45, 2.75) is 12.5 Å². The lowest BCUT2D eigenvalue weighted by atomic mass is 9.84. The topological polar surface area (TPSA) is 21.7 Å². The van der Waals surface area contributed by atoms with E-state index in [1.54, 1.807) is 0 Å². The molecule has 3 nitrogen and oxygen atoms in total. The van der Waals surface area contributed by atoms with Gasteiger partial charge >= 0.3 is 0 Å². The minimum atomic E-state index is 0.337. The van der Waals surface area contributed by atoms with E-state index >= 15 is 0 Å². The molecule has 3 heteroatoms. The molecule has 2 aromatic carbocycles. The van der Waals surface area contributed by atoms with Crippen LogP contribution in [0.4, 0.5) is 0 Å². The molecule has 0 N–H and O–H groups in total. The van der Waals surface area contributed by atoms with E-state index in [0.29, 0.717) is 12.7 Å². The summed E-state index contributed by atoms with van der Waals surface area (Å²) in [7, 11) is 2.17. The van der Waals surface area contributed by atoms with Crippen LogP contribution >= 0.6 is 0 Å². The van der Waals surface area contributed by atoms with Crippen LogP contribution in [0.25, 0.3) is 0 Å². The Balaban J connectivity index is 1.84. The highest BCUT2D eigenvalue weighted by Crippen LogP contribution is 2.41. The zero-order chi connectivity index (χ0) is 13.5. The highest BCUT2D eigenvalue weighted by atomic mass is 16.7.